The maximum atomic E-state index is 13.2. The van der Waals surface area contributed by atoms with Crippen molar-refractivity contribution in [2.24, 2.45) is 51.2 Å². The molecule has 87 heavy (non-hydrogen) atoms. The Morgan fingerprint density at radius 1 is 0.448 bits per heavy atom. The first-order valence-electron chi connectivity index (χ1n) is 23.8. The summed E-state index contributed by atoms with van der Waals surface area (Å²) in [5.41, 5.74) is -2.18. The summed E-state index contributed by atoms with van der Waals surface area (Å²) in [7, 11) is -19.1. The monoisotopic (exact) mass is 1300 g/mol. The maximum Gasteiger partial charge on any atom is 3.00 e. The Kier molecular flexibility index (Phi) is 20.7. The maximum absolute atomic E-state index is 13.2. The molecule has 8 rings (SSSR count). The Morgan fingerprint density at radius 2 is 0.793 bits per heavy atom. The molecule has 0 saturated carbocycles. The number of Topliss-reactive ketones (excluding diaryl/α,β-unsaturated/α-hetero) is 2. The van der Waals surface area contributed by atoms with Crippen LogP contribution in [0.2, 0.25) is 0 Å². The molecule has 0 aliphatic carbocycles. The van der Waals surface area contributed by atoms with Crippen molar-refractivity contribution in [3.8, 4) is 23.0 Å². The predicted octanol–water partition coefficient (Wildman–Crippen LogP) is 5.27. The number of carbonyl (C=O) groups is 4. The SMILES string of the molecule is CC(=O)C(N=Nc1ccc2c([O-])c(N=Nc3cc(S(N)(=O)=O)ccc3[O-])c(S(=O)(=O)[O-])cc2c1)C(=O)Nc1ccccc1.CC(=O)C(N=Nc1ccc2c([O-])c(N=Nc3cc(S(N)(=O)=O)ccc3[O-])c(S(=O)(=O)[O-])cc2c1)C(=O)Nc1ccccc1.[Cr+3]. The zero-order chi connectivity index (χ0) is 63.1. The van der Waals surface area contributed by atoms with E-state index in [0.29, 0.717) is 11.4 Å². The number of nitrogens with zero attached hydrogens (tertiary/aromatic N) is 8. The third-order valence-corrected chi connectivity index (χ3v) is 15.1. The van der Waals surface area contributed by atoms with Gasteiger partial charge in [0.2, 0.25) is 32.1 Å². The van der Waals surface area contributed by atoms with E-state index in [9.17, 15) is 82.4 Å². The molecule has 2 amide bonds. The number of rotatable bonds is 18. The van der Waals surface area contributed by atoms with Crippen LogP contribution in [0.1, 0.15) is 13.8 Å². The average molecular weight is 1300 g/mol. The molecule has 1 radical (unpaired) electrons. The molecule has 0 spiro atoms. The van der Waals surface area contributed by atoms with Gasteiger partial charge in [-0.15, -0.1) is 10.2 Å². The van der Waals surface area contributed by atoms with Crippen LogP contribution >= 0.6 is 0 Å². The van der Waals surface area contributed by atoms with Crippen molar-refractivity contribution >= 4 is 131 Å². The van der Waals surface area contributed by atoms with Gasteiger partial charge in [0.25, 0.3) is 11.8 Å². The molecule has 0 aliphatic rings. The first-order chi connectivity index (χ1) is 40.3. The van der Waals surface area contributed by atoms with Crippen LogP contribution in [0.5, 0.6) is 23.0 Å². The summed E-state index contributed by atoms with van der Waals surface area (Å²) in [6, 6.07) is 27.6. The largest absolute Gasteiger partial charge is 3.00 e. The van der Waals surface area contributed by atoms with Gasteiger partial charge in [0.1, 0.15) is 20.2 Å². The molecule has 0 aliphatic heterocycles. The van der Waals surface area contributed by atoms with Gasteiger partial charge in [0.05, 0.1) is 53.7 Å². The Bertz CT molecular complexity index is 4360. The van der Waals surface area contributed by atoms with E-state index in [1.54, 1.807) is 60.7 Å². The van der Waals surface area contributed by atoms with Crippen LogP contribution in [0, 0.1) is 0 Å². The number of fused-ring (bicyclic) bond motifs is 2. The fraction of sp³-hybridized carbons (Fsp3) is 0.0769. The van der Waals surface area contributed by atoms with Gasteiger partial charge in [-0.3, -0.25) is 19.2 Å². The van der Waals surface area contributed by atoms with E-state index >= 15 is 0 Å². The van der Waals surface area contributed by atoms with Gasteiger partial charge in [-0.1, -0.05) is 83.7 Å². The molecule has 35 heteroatoms. The molecule has 0 fully saturated rings. The number of benzene rings is 8. The van der Waals surface area contributed by atoms with E-state index < -0.39 is 141 Å². The van der Waals surface area contributed by atoms with Crippen LogP contribution in [0.15, 0.2) is 206 Å². The van der Waals surface area contributed by atoms with Crippen LogP contribution in [-0.4, -0.2) is 78.2 Å². The fourth-order valence-corrected chi connectivity index (χ4v) is 9.76. The normalized spacial score (nSPS) is 12.9. The summed E-state index contributed by atoms with van der Waals surface area (Å²) in [5, 5.41) is 94.6. The molecule has 0 aromatic heterocycles. The van der Waals surface area contributed by atoms with E-state index in [1.165, 1.54) is 36.4 Å². The molecule has 447 valence electrons. The van der Waals surface area contributed by atoms with Crippen LogP contribution < -0.4 is 41.3 Å². The number of ketones is 2. The van der Waals surface area contributed by atoms with E-state index in [2.05, 4.69) is 51.5 Å². The first kappa shape index (κ1) is 66.5. The van der Waals surface area contributed by atoms with Gasteiger partial charge in [0, 0.05) is 11.4 Å². The van der Waals surface area contributed by atoms with Crippen molar-refractivity contribution in [2.45, 2.75) is 45.5 Å². The molecule has 8 aromatic rings. The third-order valence-electron chi connectivity index (χ3n) is 11.5. The number of para-hydroxylation sites is 2. The van der Waals surface area contributed by atoms with E-state index in [4.69, 9.17) is 10.3 Å². The minimum Gasteiger partial charge on any atom is -0.871 e. The van der Waals surface area contributed by atoms with Gasteiger partial charge in [0.15, 0.2) is 11.6 Å². The van der Waals surface area contributed by atoms with Crippen molar-refractivity contribution in [3.05, 3.63) is 146 Å². The average Bonchev–Trinajstić information content (AvgIpc) is 1.16. The standard InChI is InChI=1S/2C26H22N6O9S2.Cr/c2*1-14(33)23(26(36)28-16-5-3-2-4-6-16)31-29-17-7-9-19-15(11-17)12-22(43(39,40)41)24(25(19)35)32-30-20-13-18(42(27,37)38)8-10-21(20)34;/h2*2-13,23,34-35H,1H3,(H,28,36)(H2,27,37,38)(H,39,40,41);/q;;+3/p-6. The molecule has 6 N–H and O–H groups in total. The van der Waals surface area contributed by atoms with Crippen molar-refractivity contribution in [1.29, 1.82) is 0 Å². The number of anilines is 2. The van der Waals surface area contributed by atoms with Crippen molar-refractivity contribution in [3.63, 3.8) is 0 Å². The van der Waals surface area contributed by atoms with E-state index in [0.717, 1.165) is 62.4 Å². The van der Waals surface area contributed by atoms with Crippen molar-refractivity contribution in [2.75, 3.05) is 10.6 Å². The molecule has 0 heterocycles. The Morgan fingerprint density at radius 3 is 1.10 bits per heavy atom. The minimum absolute atomic E-state index is 0. The quantitative estimate of drug-likeness (QED) is 0.0483. The zero-order valence-corrected chi connectivity index (χ0v) is 48.7. The van der Waals surface area contributed by atoms with Gasteiger partial charge < -0.3 is 40.2 Å². The Labute approximate surface area is 503 Å². The molecule has 8 aromatic carbocycles. The summed E-state index contributed by atoms with van der Waals surface area (Å²) < 4.78 is 119. The number of hydrogen-bond donors (Lipinski definition) is 4. The molecular formula is C52H38CrN12O18S4-3. The smallest absolute Gasteiger partial charge is 0.871 e. The summed E-state index contributed by atoms with van der Waals surface area (Å²) >= 11 is 0. The third kappa shape index (κ3) is 16.8. The second-order valence-electron chi connectivity index (χ2n) is 17.7. The molecule has 2 atom stereocenters. The molecule has 30 nitrogen and oxygen atoms in total. The van der Waals surface area contributed by atoms with Gasteiger partial charge >= 0.3 is 17.4 Å². The minimum atomic E-state index is -5.33. The predicted molar refractivity (Wildman–Crippen MR) is 294 cm³/mol. The summed E-state index contributed by atoms with van der Waals surface area (Å²) in [4.78, 5) is 46.1. The summed E-state index contributed by atoms with van der Waals surface area (Å²) in [5.74, 6) is -6.52. The number of azo groups is 4. The van der Waals surface area contributed by atoms with Crippen LogP contribution in [0.4, 0.5) is 45.5 Å². The topological polar surface area (TPSA) is 518 Å². The zero-order valence-electron chi connectivity index (χ0n) is 44.1. The Balaban J connectivity index is 0.000000275. The number of amides is 2. The molecule has 2 unspecified atom stereocenters. The van der Waals surface area contributed by atoms with Crippen LogP contribution in [0.3, 0.4) is 0 Å². The van der Waals surface area contributed by atoms with Crippen molar-refractivity contribution < 1.29 is 99.7 Å². The van der Waals surface area contributed by atoms with Crippen molar-refractivity contribution in [1.82, 2.24) is 0 Å². The fourth-order valence-electron chi connectivity index (χ4n) is 7.41. The Hall–Kier alpha value is -9.67. The molecule has 0 saturated heterocycles. The van der Waals surface area contributed by atoms with Crippen LogP contribution in [-0.2, 0) is 76.8 Å². The second-order valence-corrected chi connectivity index (χ2v) is 23.6. The van der Waals surface area contributed by atoms with Gasteiger partial charge in [-0.05, 0) is 120 Å². The van der Waals surface area contributed by atoms with Gasteiger partial charge in [-0.25, -0.2) is 43.9 Å². The summed E-state index contributed by atoms with van der Waals surface area (Å²) in [6.45, 7) is 2.28. The first-order valence-corrected chi connectivity index (χ1v) is 29.7. The number of hydrogen-bond acceptors (Lipinski definition) is 26. The number of nitrogens with one attached hydrogen (secondary N) is 2. The second kappa shape index (κ2) is 27.1. The number of primary sulfonamides is 2. The van der Waals surface area contributed by atoms with E-state index in [1.807, 2.05) is 0 Å². The number of nitrogens with two attached hydrogens (primary N) is 2. The summed E-state index contributed by atoms with van der Waals surface area (Å²) in [6.07, 6.45) is 0. The molecule has 0 bridgehead atoms. The molecular weight excluding hydrogens is 1260 g/mol. The van der Waals surface area contributed by atoms with Crippen LogP contribution in [0.25, 0.3) is 21.5 Å². The van der Waals surface area contributed by atoms with Gasteiger partial charge in [-0.2, -0.15) is 30.7 Å². The number of sulfonamides is 2. The number of carbonyl (C=O) groups excluding carboxylic acids is 4. The van der Waals surface area contributed by atoms with E-state index in [-0.39, 0.29) is 50.3 Å².